The number of phenols is 1. The van der Waals surface area contributed by atoms with Gasteiger partial charge in [0.05, 0.1) is 6.61 Å². The van der Waals surface area contributed by atoms with Crippen LogP contribution in [0.25, 0.3) is 6.08 Å². The largest absolute Gasteiger partial charge is 0.508 e. The summed E-state index contributed by atoms with van der Waals surface area (Å²) in [5.41, 5.74) is 0.593. The van der Waals surface area contributed by atoms with E-state index in [4.69, 9.17) is 15.1 Å². The molecule has 0 spiro atoms. The number of esters is 1. The molecule has 0 amide bonds. The zero-order chi connectivity index (χ0) is 12.0. The normalized spacial score (nSPS) is 10.6. The smallest absolute Gasteiger partial charge is 0.348 e. The van der Waals surface area contributed by atoms with Gasteiger partial charge in [-0.05, 0) is 30.7 Å². The highest BCUT2D eigenvalue weighted by Crippen LogP contribution is 2.13. The second kappa shape index (κ2) is 5.56. The molecule has 0 atom stereocenters. The van der Waals surface area contributed by atoms with Crippen LogP contribution in [0.3, 0.4) is 0 Å². The molecule has 0 aliphatic carbocycles. The third kappa shape index (κ3) is 3.14. The number of ether oxygens (including phenoxy) is 1. The predicted octanol–water partition coefficient (Wildman–Crippen LogP) is 1.86. The molecule has 1 aromatic rings. The van der Waals surface area contributed by atoms with Crippen molar-refractivity contribution in [1.29, 1.82) is 5.26 Å². The average Bonchev–Trinajstić information content (AvgIpc) is 2.28. The van der Waals surface area contributed by atoms with Crippen molar-refractivity contribution < 1.29 is 14.6 Å². The minimum absolute atomic E-state index is 0.0625. The molecule has 0 saturated heterocycles. The van der Waals surface area contributed by atoms with Crippen LogP contribution in [-0.2, 0) is 9.53 Å². The Morgan fingerprint density at radius 1 is 1.50 bits per heavy atom. The van der Waals surface area contributed by atoms with Crippen LogP contribution in [0.5, 0.6) is 5.75 Å². The lowest BCUT2D eigenvalue weighted by atomic mass is 10.1. The fourth-order valence-corrected chi connectivity index (χ4v) is 1.08. The number of rotatable bonds is 3. The van der Waals surface area contributed by atoms with Crippen LogP contribution in [0, 0.1) is 11.3 Å². The van der Waals surface area contributed by atoms with Gasteiger partial charge < -0.3 is 9.84 Å². The first-order chi connectivity index (χ1) is 7.67. The number of benzene rings is 1. The number of carbonyl (C=O) groups is 1. The quantitative estimate of drug-likeness (QED) is 0.476. The molecule has 0 bridgehead atoms. The molecule has 0 aromatic heterocycles. The van der Waals surface area contributed by atoms with Crippen molar-refractivity contribution in [3.63, 3.8) is 0 Å². The molecule has 0 aliphatic heterocycles. The Hall–Kier alpha value is -2.28. The topological polar surface area (TPSA) is 70.3 Å². The molecular weight excluding hydrogens is 206 g/mol. The molecule has 0 unspecified atom stereocenters. The number of hydrogen-bond donors (Lipinski definition) is 1. The van der Waals surface area contributed by atoms with Gasteiger partial charge in [-0.1, -0.05) is 12.1 Å². The van der Waals surface area contributed by atoms with Gasteiger partial charge in [0.25, 0.3) is 0 Å². The van der Waals surface area contributed by atoms with Gasteiger partial charge in [0.15, 0.2) is 0 Å². The lowest BCUT2D eigenvalue weighted by Crippen LogP contribution is -2.05. The predicted molar refractivity (Wildman–Crippen MR) is 58.3 cm³/mol. The van der Waals surface area contributed by atoms with Gasteiger partial charge in [-0.2, -0.15) is 5.26 Å². The van der Waals surface area contributed by atoms with Crippen molar-refractivity contribution in [2.45, 2.75) is 6.92 Å². The van der Waals surface area contributed by atoms with Crippen LogP contribution < -0.4 is 0 Å². The number of phenolic OH excluding ortho intramolecular Hbond substituents is 1. The average molecular weight is 217 g/mol. The van der Waals surface area contributed by atoms with E-state index in [2.05, 4.69) is 0 Å². The molecule has 1 aromatic carbocycles. The first kappa shape index (κ1) is 11.8. The summed E-state index contributed by atoms with van der Waals surface area (Å²) in [4.78, 5) is 11.3. The summed E-state index contributed by atoms with van der Waals surface area (Å²) < 4.78 is 4.71. The van der Waals surface area contributed by atoms with Gasteiger partial charge in [0.1, 0.15) is 17.4 Å². The molecular formula is C12H11NO3. The van der Waals surface area contributed by atoms with Crippen LogP contribution in [0.1, 0.15) is 12.5 Å². The summed E-state index contributed by atoms with van der Waals surface area (Å²) in [6, 6.07) is 7.94. The number of carbonyl (C=O) groups excluding carboxylic acids is 1. The summed E-state index contributed by atoms with van der Waals surface area (Å²) in [5, 5.41) is 17.8. The van der Waals surface area contributed by atoms with Crippen LogP contribution >= 0.6 is 0 Å². The van der Waals surface area contributed by atoms with Crippen LogP contribution in [0.15, 0.2) is 29.8 Å². The highest BCUT2D eigenvalue weighted by Gasteiger charge is 2.09. The standard InChI is InChI=1S/C12H11NO3/c1-2-16-12(15)10(8-13)7-9-3-5-11(14)6-4-9/h3-7,14H,2H2,1H3/b10-7+. The lowest BCUT2D eigenvalue weighted by molar-refractivity contribution is -0.137. The van der Waals surface area contributed by atoms with Crippen molar-refractivity contribution >= 4 is 12.0 Å². The molecule has 0 aliphatic rings. The van der Waals surface area contributed by atoms with E-state index >= 15 is 0 Å². The van der Waals surface area contributed by atoms with E-state index in [1.165, 1.54) is 18.2 Å². The number of aromatic hydroxyl groups is 1. The maximum absolute atomic E-state index is 11.3. The highest BCUT2D eigenvalue weighted by molar-refractivity contribution is 5.97. The van der Waals surface area contributed by atoms with E-state index in [0.717, 1.165) is 0 Å². The zero-order valence-electron chi connectivity index (χ0n) is 8.80. The molecule has 0 heterocycles. The Balaban J connectivity index is 2.92. The van der Waals surface area contributed by atoms with Gasteiger partial charge in [0, 0.05) is 0 Å². The summed E-state index contributed by atoms with van der Waals surface area (Å²) in [7, 11) is 0. The fourth-order valence-electron chi connectivity index (χ4n) is 1.08. The Kier molecular flexibility index (Phi) is 4.10. The Morgan fingerprint density at radius 2 is 2.12 bits per heavy atom. The molecule has 82 valence electrons. The zero-order valence-corrected chi connectivity index (χ0v) is 8.80. The molecule has 4 nitrogen and oxygen atoms in total. The van der Waals surface area contributed by atoms with E-state index in [-0.39, 0.29) is 17.9 Å². The summed E-state index contributed by atoms with van der Waals surface area (Å²) in [6.07, 6.45) is 1.41. The number of nitriles is 1. The SMILES string of the molecule is CCOC(=O)/C(C#N)=C/c1ccc(O)cc1. The monoisotopic (exact) mass is 217 g/mol. The molecule has 16 heavy (non-hydrogen) atoms. The van der Waals surface area contributed by atoms with E-state index in [1.807, 2.05) is 0 Å². The Morgan fingerprint density at radius 3 is 2.62 bits per heavy atom. The second-order valence-corrected chi connectivity index (χ2v) is 2.98. The van der Waals surface area contributed by atoms with Gasteiger partial charge in [-0.25, -0.2) is 4.79 Å². The molecule has 0 fully saturated rings. The maximum atomic E-state index is 11.3. The summed E-state index contributed by atoms with van der Waals surface area (Å²) in [6.45, 7) is 1.90. The molecule has 0 saturated carbocycles. The van der Waals surface area contributed by atoms with E-state index in [1.54, 1.807) is 25.1 Å². The highest BCUT2D eigenvalue weighted by atomic mass is 16.5. The first-order valence-electron chi connectivity index (χ1n) is 4.75. The van der Waals surface area contributed by atoms with E-state index in [9.17, 15) is 4.79 Å². The van der Waals surface area contributed by atoms with Gasteiger partial charge >= 0.3 is 5.97 Å². The lowest BCUT2D eigenvalue weighted by Gasteiger charge is -1.99. The number of nitrogens with zero attached hydrogens (tertiary/aromatic N) is 1. The first-order valence-corrected chi connectivity index (χ1v) is 4.75. The fraction of sp³-hybridized carbons (Fsp3) is 0.167. The minimum atomic E-state index is -0.641. The van der Waals surface area contributed by atoms with Crippen LogP contribution in [0.2, 0.25) is 0 Å². The molecule has 4 heteroatoms. The second-order valence-electron chi connectivity index (χ2n) is 2.98. The third-order valence-corrected chi connectivity index (χ3v) is 1.82. The maximum Gasteiger partial charge on any atom is 0.348 e. The minimum Gasteiger partial charge on any atom is -0.508 e. The van der Waals surface area contributed by atoms with Crippen molar-refractivity contribution in [3.05, 3.63) is 35.4 Å². The van der Waals surface area contributed by atoms with Crippen molar-refractivity contribution in [2.24, 2.45) is 0 Å². The van der Waals surface area contributed by atoms with Gasteiger partial charge in [-0.15, -0.1) is 0 Å². The van der Waals surface area contributed by atoms with Gasteiger partial charge in [-0.3, -0.25) is 0 Å². The van der Waals surface area contributed by atoms with Crippen LogP contribution in [-0.4, -0.2) is 17.7 Å². The molecule has 1 N–H and O–H groups in total. The number of hydrogen-bond acceptors (Lipinski definition) is 4. The van der Waals surface area contributed by atoms with Gasteiger partial charge in [0.2, 0.25) is 0 Å². The third-order valence-electron chi connectivity index (χ3n) is 1.82. The summed E-state index contributed by atoms with van der Waals surface area (Å²) in [5.74, 6) is -0.509. The summed E-state index contributed by atoms with van der Waals surface area (Å²) >= 11 is 0. The van der Waals surface area contributed by atoms with E-state index < -0.39 is 5.97 Å². The van der Waals surface area contributed by atoms with Crippen molar-refractivity contribution in [3.8, 4) is 11.8 Å². The Labute approximate surface area is 93.4 Å². The van der Waals surface area contributed by atoms with Crippen LogP contribution in [0.4, 0.5) is 0 Å². The Bertz CT molecular complexity index is 440. The molecule has 0 radical (unpaired) electrons. The van der Waals surface area contributed by atoms with E-state index in [0.29, 0.717) is 5.56 Å². The molecule has 1 rings (SSSR count). The van der Waals surface area contributed by atoms with Crippen molar-refractivity contribution in [2.75, 3.05) is 6.61 Å². The van der Waals surface area contributed by atoms with Crippen molar-refractivity contribution in [1.82, 2.24) is 0 Å².